The number of nitrogens with one attached hydrogen (secondary N) is 2. The van der Waals surface area contributed by atoms with Crippen LogP contribution in [-0.4, -0.2) is 55.8 Å². The molecule has 1 saturated heterocycles. The molecule has 1 aromatic rings. The summed E-state index contributed by atoms with van der Waals surface area (Å²) in [5.41, 5.74) is 0.691. The molecule has 1 amide bonds. The maximum absolute atomic E-state index is 12.2. The molecule has 0 aromatic heterocycles. The predicted octanol–water partition coefficient (Wildman–Crippen LogP) is 1.96. The fourth-order valence-corrected chi connectivity index (χ4v) is 2.47. The summed E-state index contributed by atoms with van der Waals surface area (Å²) in [6.07, 6.45) is -4.37. The van der Waals surface area contributed by atoms with E-state index >= 15 is 0 Å². The van der Waals surface area contributed by atoms with Crippen molar-refractivity contribution >= 4 is 18.3 Å². The Kier molecular flexibility index (Phi) is 8.47. The molecule has 1 aliphatic rings. The molecule has 2 rings (SSSR count). The van der Waals surface area contributed by atoms with Gasteiger partial charge in [-0.2, -0.15) is 13.2 Å². The maximum atomic E-state index is 12.2. The number of ether oxygens (including phenoxy) is 1. The van der Waals surface area contributed by atoms with Gasteiger partial charge in [0.2, 0.25) is 5.91 Å². The maximum Gasteiger partial charge on any atom is 0.422 e. The Balaban J connectivity index is 0.00000312. The molecule has 1 fully saturated rings. The highest BCUT2D eigenvalue weighted by atomic mass is 35.5. The van der Waals surface area contributed by atoms with Crippen molar-refractivity contribution in [1.82, 2.24) is 15.5 Å². The van der Waals surface area contributed by atoms with Gasteiger partial charge in [0.1, 0.15) is 5.75 Å². The van der Waals surface area contributed by atoms with Crippen LogP contribution in [0.25, 0.3) is 0 Å². The first kappa shape index (κ1) is 21.5. The number of carbonyl (C=O) groups is 1. The largest absolute Gasteiger partial charge is 0.484 e. The Morgan fingerprint density at radius 2 is 2.20 bits per heavy atom. The Labute approximate surface area is 151 Å². The fraction of sp³-hybridized carbons (Fsp3) is 0.562. The van der Waals surface area contributed by atoms with E-state index in [0.29, 0.717) is 18.2 Å². The third-order valence-corrected chi connectivity index (χ3v) is 3.78. The molecule has 5 nitrogen and oxygen atoms in total. The van der Waals surface area contributed by atoms with Gasteiger partial charge in [-0.25, -0.2) is 0 Å². The summed E-state index contributed by atoms with van der Waals surface area (Å²) in [6.45, 7) is 3.82. The normalized spacial score (nSPS) is 18.3. The number of carbonyl (C=O) groups excluding carboxylic acids is 1. The molecule has 0 bridgehead atoms. The van der Waals surface area contributed by atoms with Gasteiger partial charge in [0.05, 0.1) is 6.54 Å². The van der Waals surface area contributed by atoms with E-state index < -0.39 is 12.8 Å². The van der Waals surface area contributed by atoms with Crippen molar-refractivity contribution in [3.8, 4) is 5.75 Å². The van der Waals surface area contributed by atoms with E-state index in [1.807, 2.05) is 0 Å². The minimum atomic E-state index is -4.37. The molecule has 0 aliphatic carbocycles. The lowest BCUT2D eigenvalue weighted by Crippen LogP contribution is -2.52. The van der Waals surface area contributed by atoms with Crippen LogP contribution in [0, 0.1) is 0 Å². The molecule has 1 aromatic carbocycles. The first-order valence-corrected chi connectivity index (χ1v) is 7.83. The average Bonchev–Trinajstić information content (AvgIpc) is 2.53. The Morgan fingerprint density at radius 1 is 1.44 bits per heavy atom. The highest BCUT2D eigenvalue weighted by Crippen LogP contribution is 2.19. The summed E-state index contributed by atoms with van der Waals surface area (Å²) in [6, 6.07) is 6.59. The van der Waals surface area contributed by atoms with Crippen LogP contribution >= 0.6 is 12.4 Å². The summed E-state index contributed by atoms with van der Waals surface area (Å²) in [7, 11) is 0. The van der Waals surface area contributed by atoms with Crippen molar-refractivity contribution in [2.45, 2.75) is 25.7 Å². The number of halogens is 4. The number of amides is 1. The van der Waals surface area contributed by atoms with Gasteiger partial charge in [-0.05, 0) is 24.6 Å². The number of alkyl halides is 3. The second-order valence-corrected chi connectivity index (χ2v) is 5.85. The van der Waals surface area contributed by atoms with Gasteiger partial charge in [-0.1, -0.05) is 12.1 Å². The molecule has 142 valence electrons. The summed E-state index contributed by atoms with van der Waals surface area (Å²) in [5.74, 6) is 0.0279. The van der Waals surface area contributed by atoms with Crippen LogP contribution in [0.3, 0.4) is 0 Å². The first-order valence-electron chi connectivity index (χ1n) is 7.83. The van der Waals surface area contributed by atoms with Crippen molar-refractivity contribution in [2.24, 2.45) is 0 Å². The van der Waals surface area contributed by atoms with Crippen molar-refractivity contribution in [1.29, 1.82) is 0 Å². The monoisotopic (exact) mass is 381 g/mol. The fourth-order valence-electron chi connectivity index (χ4n) is 2.47. The lowest BCUT2D eigenvalue weighted by atomic mass is 10.2. The summed E-state index contributed by atoms with van der Waals surface area (Å²) in [5, 5.41) is 6.04. The predicted molar refractivity (Wildman–Crippen MR) is 91.0 cm³/mol. The number of nitrogens with zero attached hydrogens (tertiary/aromatic N) is 1. The smallest absolute Gasteiger partial charge is 0.422 e. The van der Waals surface area contributed by atoms with E-state index in [1.165, 1.54) is 12.1 Å². The Morgan fingerprint density at radius 3 is 2.88 bits per heavy atom. The topological polar surface area (TPSA) is 53.6 Å². The number of hydrogen-bond acceptors (Lipinski definition) is 4. The summed E-state index contributed by atoms with van der Waals surface area (Å²) < 4.78 is 41.2. The molecule has 0 unspecified atom stereocenters. The van der Waals surface area contributed by atoms with Crippen molar-refractivity contribution < 1.29 is 22.7 Å². The van der Waals surface area contributed by atoms with Gasteiger partial charge >= 0.3 is 6.18 Å². The molecule has 0 saturated carbocycles. The van der Waals surface area contributed by atoms with Crippen molar-refractivity contribution in [3.63, 3.8) is 0 Å². The standard InChI is InChI=1S/C16H22F3N3O2.ClH/c1-12-8-20-5-6-22(12)10-15(23)21-9-13-3-2-4-14(7-13)24-11-16(17,18)19;/h2-4,7,12,20H,5-6,8-11H2,1H3,(H,21,23);1H/t12-;/m1./s1. The summed E-state index contributed by atoms with van der Waals surface area (Å²) >= 11 is 0. The third-order valence-electron chi connectivity index (χ3n) is 3.78. The van der Waals surface area contributed by atoms with Crippen LogP contribution in [0.5, 0.6) is 5.75 Å². The van der Waals surface area contributed by atoms with Crippen molar-refractivity contribution in [3.05, 3.63) is 29.8 Å². The molecule has 0 spiro atoms. The minimum Gasteiger partial charge on any atom is -0.484 e. The second kappa shape index (κ2) is 9.84. The highest BCUT2D eigenvalue weighted by Gasteiger charge is 2.28. The lowest BCUT2D eigenvalue weighted by molar-refractivity contribution is -0.153. The van der Waals surface area contributed by atoms with Crippen LogP contribution in [0.4, 0.5) is 13.2 Å². The molecular formula is C16H23ClF3N3O2. The molecule has 25 heavy (non-hydrogen) atoms. The Hall–Kier alpha value is -1.51. The zero-order valence-electron chi connectivity index (χ0n) is 13.9. The van der Waals surface area contributed by atoms with E-state index in [9.17, 15) is 18.0 Å². The molecule has 1 heterocycles. The van der Waals surface area contributed by atoms with Crippen LogP contribution in [0.15, 0.2) is 24.3 Å². The quantitative estimate of drug-likeness (QED) is 0.791. The number of benzene rings is 1. The first-order chi connectivity index (χ1) is 11.3. The van der Waals surface area contributed by atoms with Gasteiger partial charge in [0.15, 0.2) is 6.61 Å². The average molecular weight is 382 g/mol. The van der Waals surface area contributed by atoms with Crippen LogP contribution < -0.4 is 15.4 Å². The molecular weight excluding hydrogens is 359 g/mol. The molecule has 1 atom stereocenters. The zero-order chi connectivity index (χ0) is 17.6. The van der Waals surface area contributed by atoms with Gasteiger partial charge in [0.25, 0.3) is 0 Å². The Bertz CT molecular complexity index is 558. The second-order valence-electron chi connectivity index (χ2n) is 5.85. The van der Waals surface area contributed by atoms with Gasteiger partial charge in [-0.15, -0.1) is 12.4 Å². The summed E-state index contributed by atoms with van der Waals surface area (Å²) in [4.78, 5) is 14.1. The highest BCUT2D eigenvalue weighted by molar-refractivity contribution is 5.85. The van der Waals surface area contributed by atoms with Gasteiger partial charge in [0, 0.05) is 32.2 Å². The van der Waals surface area contributed by atoms with Crippen LogP contribution in [-0.2, 0) is 11.3 Å². The third kappa shape index (κ3) is 7.94. The van der Waals surface area contributed by atoms with Crippen molar-refractivity contribution in [2.75, 3.05) is 32.8 Å². The number of hydrogen-bond donors (Lipinski definition) is 2. The van der Waals surface area contributed by atoms with E-state index in [-0.39, 0.29) is 30.6 Å². The molecule has 2 N–H and O–H groups in total. The lowest BCUT2D eigenvalue weighted by Gasteiger charge is -2.33. The molecule has 1 aliphatic heterocycles. The van der Waals surface area contributed by atoms with Gasteiger partial charge in [-0.3, -0.25) is 9.69 Å². The van der Waals surface area contributed by atoms with Gasteiger partial charge < -0.3 is 15.4 Å². The molecule has 0 radical (unpaired) electrons. The van der Waals surface area contributed by atoms with Crippen LogP contribution in [0.2, 0.25) is 0 Å². The molecule has 9 heteroatoms. The number of piperazine rings is 1. The van der Waals surface area contributed by atoms with E-state index in [1.54, 1.807) is 12.1 Å². The minimum absolute atomic E-state index is 0. The van der Waals surface area contributed by atoms with E-state index in [0.717, 1.165) is 19.6 Å². The zero-order valence-corrected chi connectivity index (χ0v) is 14.8. The number of rotatable bonds is 6. The van der Waals surface area contributed by atoms with E-state index in [2.05, 4.69) is 22.5 Å². The SMILES string of the molecule is C[C@@H]1CNCCN1CC(=O)NCc1cccc(OCC(F)(F)F)c1.Cl. The van der Waals surface area contributed by atoms with Crippen LogP contribution in [0.1, 0.15) is 12.5 Å². The van der Waals surface area contributed by atoms with E-state index in [4.69, 9.17) is 4.74 Å².